The standard InChI is InChI=1S/C24H31ClN2O2S/c1-4-5-13-26-24(29)19(3)27(15-21-8-6-7-18(2)14-21)23(28)17-30-16-20-9-11-22(25)12-10-20/h6-12,14,19H,4-5,13,15-17H2,1-3H3,(H,26,29)/t19-/m1/s1. The van der Waals surface area contributed by atoms with E-state index in [0.29, 0.717) is 23.9 Å². The number of unbranched alkanes of at least 4 members (excludes halogenated alkanes) is 1. The average Bonchev–Trinajstić information content (AvgIpc) is 2.73. The molecule has 0 aromatic heterocycles. The molecule has 0 saturated heterocycles. The Kier molecular flexibility index (Phi) is 10.2. The van der Waals surface area contributed by atoms with Gasteiger partial charge in [-0.25, -0.2) is 0 Å². The summed E-state index contributed by atoms with van der Waals surface area (Å²) in [5.41, 5.74) is 3.28. The lowest BCUT2D eigenvalue weighted by Gasteiger charge is -2.29. The number of halogens is 1. The fourth-order valence-electron chi connectivity index (χ4n) is 3.05. The largest absolute Gasteiger partial charge is 0.354 e. The molecule has 1 N–H and O–H groups in total. The Hall–Kier alpha value is -1.98. The highest BCUT2D eigenvalue weighted by Crippen LogP contribution is 2.18. The van der Waals surface area contributed by atoms with E-state index in [-0.39, 0.29) is 11.8 Å². The number of carbonyl (C=O) groups excluding carboxylic acids is 2. The quantitative estimate of drug-likeness (QED) is 0.481. The molecule has 0 spiro atoms. The lowest BCUT2D eigenvalue weighted by molar-refractivity contribution is -0.138. The lowest BCUT2D eigenvalue weighted by atomic mass is 10.1. The zero-order chi connectivity index (χ0) is 21.9. The summed E-state index contributed by atoms with van der Waals surface area (Å²) in [6.07, 6.45) is 1.95. The highest BCUT2D eigenvalue weighted by atomic mass is 35.5. The van der Waals surface area contributed by atoms with Crippen LogP contribution in [-0.4, -0.2) is 35.1 Å². The van der Waals surface area contributed by atoms with Crippen molar-refractivity contribution in [1.29, 1.82) is 0 Å². The van der Waals surface area contributed by atoms with E-state index in [1.807, 2.05) is 49.4 Å². The number of thioether (sulfide) groups is 1. The Morgan fingerprint density at radius 2 is 1.87 bits per heavy atom. The van der Waals surface area contributed by atoms with Gasteiger partial charge in [0.25, 0.3) is 0 Å². The molecule has 2 rings (SSSR count). The fraction of sp³-hybridized carbons (Fsp3) is 0.417. The number of rotatable bonds is 11. The van der Waals surface area contributed by atoms with E-state index < -0.39 is 6.04 Å². The van der Waals surface area contributed by atoms with Gasteiger partial charge in [0, 0.05) is 23.9 Å². The SMILES string of the molecule is CCCCNC(=O)[C@@H](C)N(Cc1cccc(C)c1)C(=O)CSCc1ccc(Cl)cc1. The van der Waals surface area contributed by atoms with Crippen molar-refractivity contribution in [2.75, 3.05) is 12.3 Å². The second-order valence-electron chi connectivity index (χ2n) is 7.45. The van der Waals surface area contributed by atoms with Crippen LogP contribution in [0.25, 0.3) is 0 Å². The predicted octanol–water partition coefficient (Wildman–Crippen LogP) is 5.22. The average molecular weight is 447 g/mol. The van der Waals surface area contributed by atoms with Crippen molar-refractivity contribution >= 4 is 35.2 Å². The number of hydrogen-bond donors (Lipinski definition) is 1. The molecule has 6 heteroatoms. The number of benzene rings is 2. The van der Waals surface area contributed by atoms with Gasteiger partial charge >= 0.3 is 0 Å². The maximum absolute atomic E-state index is 13.1. The van der Waals surface area contributed by atoms with Gasteiger partial charge in [-0.15, -0.1) is 11.8 Å². The second kappa shape index (κ2) is 12.7. The monoisotopic (exact) mass is 446 g/mol. The Morgan fingerprint density at radius 3 is 2.53 bits per heavy atom. The van der Waals surface area contributed by atoms with Crippen molar-refractivity contribution in [3.63, 3.8) is 0 Å². The molecule has 0 saturated carbocycles. The van der Waals surface area contributed by atoms with E-state index in [1.165, 1.54) is 0 Å². The van der Waals surface area contributed by atoms with Gasteiger partial charge in [-0.3, -0.25) is 9.59 Å². The highest BCUT2D eigenvalue weighted by molar-refractivity contribution is 7.99. The Labute approximate surface area is 189 Å². The van der Waals surface area contributed by atoms with E-state index in [4.69, 9.17) is 11.6 Å². The topological polar surface area (TPSA) is 49.4 Å². The molecular formula is C24H31ClN2O2S. The summed E-state index contributed by atoms with van der Waals surface area (Å²) in [5.74, 6) is 0.903. The Morgan fingerprint density at radius 1 is 1.13 bits per heavy atom. The van der Waals surface area contributed by atoms with Crippen LogP contribution in [0.2, 0.25) is 5.02 Å². The lowest BCUT2D eigenvalue weighted by Crippen LogP contribution is -2.48. The minimum Gasteiger partial charge on any atom is -0.354 e. The van der Waals surface area contributed by atoms with Crippen molar-refractivity contribution in [2.24, 2.45) is 0 Å². The van der Waals surface area contributed by atoms with Gasteiger partial charge in [-0.2, -0.15) is 0 Å². The fourth-order valence-corrected chi connectivity index (χ4v) is 4.04. The van der Waals surface area contributed by atoms with Gasteiger partial charge in [-0.1, -0.05) is 66.9 Å². The van der Waals surface area contributed by atoms with Gasteiger partial charge in [0.2, 0.25) is 11.8 Å². The molecule has 0 bridgehead atoms. The normalized spacial score (nSPS) is 11.7. The number of nitrogens with one attached hydrogen (secondary N) is 1. The molecule has 0 heterocycles. The third-order valence-corrected chi connectivity index (χ3v) is 6.08. The molecule has 162 valence electrons. The van der Waals surface area contributed by atoms with E-state index >= 15 is 0 Å². The van der Waals surface area contributed by atoms with Crippen LogP contribution in [-0.2, 0) is 21.9 Å². The molecular weight excluding hydrogens is 416 g/mol. The molecule has 0 aliphatic carbocycles. The van der Waals surface area contributed by atoms with Gasteiger partial charge in [0.1, 0.15) is 6.04 Å². The number of hydrogen-bond acceptors (Lipinski definition) is 3. The Balaban J connectivity index is 2.03. The van der Waals surface area contributed by atoms with Crippen LogP contribution >= 0.6 is 23.4 Å². The summed E-state index contributed by atoms with van der Waals surface area (Å²) in [7, 11) is 0. The summed E-state index contributed by atoms with van der Waals surface area (Å²) in [6, 6.07) is 15.2. The van der Waals surface area contributed by atoms with Crippen LogP contribution in [0.1, 0.15) is 43.4 Å². The summed E-state index contributed by atoms with van der Waals surface area (Å²) >= 11 is 7.48. The highest BCUT2D eigenvalue weighted by Gasteiger charge is 2.25. The molecule has 0 unspecified atom stereocenters. The first-order valence-electron chi connectivity index (χ1n) is 10.4. The number of carbonyl (C=O) groups is 2. The van der Waals surface area contributed by atoms with Gasteiger partial charge in [-0.05, 0) is 43.5 Å². The summed E-state index contributed by atoms with van der Waals surface area (Å²) in [5, 5.41) is 3.65. The van der Waals surface area contributed by atoms with Crippen molar-refractivity contribution in [1.82, 2.24) is 10.2 Å². The first kappa shape index (κ1) is 24.3. The Bertz CT molecular complexity index is 826. The van der Waals surface area contributed by atoms with Gasteiger partial charge < -0.3 is 10.2 Å². The van der Waals surface area contributed by atoms with Crippen molar-refractivity contribution in [2.45, 2.75) is 52.0 Å². The maximum Gasteiger partial charge on any atom is 0.242 e. The zero-order valence-corrected chi connectivity index (χ0v) is 19.6. The number of nitrogens with zero attached hydrogens (tertiary/aromatic N) is 1. The van der Waals surface area contributed by atoms with Crippen molar-refractivity contribution < 1.29 is 9.59 Å². The van der Waals surface area contributed by atoms with Crippen molar-refractivity contribution in [3.05, 3.63) is 70.2 Å². The molecule has 0 fully saturated rings. The van der Waals surface area contributed by atoms with Crippen LogP contribution in [0, 0.1) is 6.92 Å². The zero-order valence-electron chi connectivity index (χ0n) is 18.0. The summed E-state index contributed by atoms with van der Waals surface area (Å²) in [4.78, 5) is 27.4. The second-order valence-corrected chi connectivity index (χ2v) is 8.87. The summed E-state index contributed by atoms with van der Waals surface area (Å²) in [6.45, 7) is 6.97. The third-order valence-electron chi connectivity index (χ3n) is 4.84. The number of amides is 2. The van der Waals surface area contributed by atoms with E-state index in [0.717, 1.165) is 35.3 Å². The first-order chi connectivity index (χ1) is 14.4. The number of aryl methyl sites for hydroxylation is 1. The molecule has 1 atom stereocenters. The smallest absolute Gasteiger partial charge is 0.242 e. The minimum absolute atomic E-state index is 0.0337. The molecule has 0 aliphatic heterocycles. The van der Waals surface area contributed by atoms with Gasteiger partial charge in [0.15, 0.2) is 0 Å². The molecule has 0 radical (unpaired) electrons. The van der Waals surface area contributed by atoms with Gasteiger partial charge in [0.05, 0.1) is 5.75 Å². The van der Waals surface area contributed by atoms with Crippen LogP contribution in [0.15, 0.2) is 48.5 Å². The van der Waals surface area contributed by atoms with Crippen LogP contribution in [0.5, 0.6) is 0 Å². The minimum atomic E-state index is -0.522. The third kappa shape index (κ3) is 8.04. The summed E-state index contributed by atoms with van der Waals surface area (Å²) < 4.78 is 0. The molecule has 30 heavy (non-hydrogen) atoms. The molecule has 2 amide bonds. The van der Waals surface area contributed by atoms with Crippen LogP contribution in [0.4, 0.5) is 0 Å². The molecule has 2 aromatic carbocycles. The molecule has 4 nitrogen and oxygen atoms in total. The van der Waals surface area contributed by atoms with E-state index in [9.17, 15) is 9.59 Å². The van der Waals surface area contributed by atoms with Crippen LogP contribution in [0.3, 0.4) is 0 Å². The maximum atomic E-state index is 13.1. The van der Waals surface area contributed by atoms with E-state index in [2.05, 4.69) is 18.3 Å². The molecule has 0 aliphatic rings. The molecule has 2 aromatic rings. The first-order valence-corrected chi connectivity index (χ1v) is 11.9. The van der Waals surface area contributed by atoms with Crippen LogP contribution < -0.4 is 5.32 Å². The predicted molar refractivity (Wildman–Crippen MR) is 127 cm³/mol. The van der Waals surface area contributed by atoms with E-state index in [1.54, 1.807) is 23.6 Å². The van der Waals surface area contributed by atoms with Crippen molar-refractivity contribution in [3.8, 4) is 0 Å².